The molecule has 0 amide bonds. The summed E-state index contributed by atoms with van der Waals surface area (Å²) in [4.78, 5) is 15.5. The zero-order chi connectivity index (χ0) is 21.1. The molecule has 5 nitrogen and oxygen atoms in total. The highest BCUT2D eigenvalue weighted by Crippen LogP contribution is 2.36. The third kappa shape index (κ3) is 4.09. The lowest BCUT2D eigenvalue weighted by molar-refractivity contribution is 0.317. The molecule has 0 bridgehead atoms. The van der Waals surface area contributed by atoms with E-state index in [1.54, 1.807) is 30.2 Å². The molecule has 1 atom stereocenters. The number of ether oxygens (including phenoxy) is 1. The third-order valence-corrected chi connectivity index (χ3v) is 5.73. The number of anilines is 1. The van der Waals surface area contributed by atoms with Gasteiger partial charge >= 0.3 is 0 Å². The Hall–Kier alpha value is -2.74. The van der Waals surface area contributed by atoms with Crippen LogP contribution in [0.3, 0.4) is 0 Å². The number of rotatable bonds is 6. The molecule has 1 aliphatic heterocycles. The molecule has 3 aromatic rings. The first kappa shape index (κ1) is 20.5. The molecular formula is C22H22F2N4OS. The van der Waals surface area contributed by atoms with Crippen LogP contribution in [0.25, 0.3) is 11.5 Å². The minimum absolute atomic E-state index is 0.0567. The molecule has 4 rings (SSSR count). The largest absolute Gasteiger partial charge is 0.489 e. The van der Waals surface area contributed by atoms with Gasteiger partial charge in [0.1, 0.15) is 5.69 Å². The summed E-state index contributed by atoms with van der Waals surface area (Å²) in [5.74, 6) is -0.625. The van der Waals surface area contributed by atoms with Crippen LogP contribution in [0.5, 0.6) is 5.75 Å². The van der Waals surface area contributed by atoms with Crippen LogP contribution in [0.2, 0.25) is 0 Å². The van der Waals surface area contributed by atoms with E-state index >= 15 is 0 Å². The Morgan fingerprint density at radius 3 is 2.87 bits per heavy atom. The molecule has 0 spiro atoms. The number of thioether (sulfide) groups is 1. The van der Waals surface area contributed by atoms with Crippen molar-refractivity contribution in [3.8, 4) is 17.3 Å². The fraction of sp³-hybridized carbons (Fsp3) is 0.318. The predicted octanol–water partition coefficient (Wildman–Crippen LogP) is 4.68. The molecule has 30 heavy (non-hydrogen) atoms. The van der Waals surface area contributed by atoms with Crippen LogP contribution in [-0.2, 0) is 6.42 Å². The van der Waals surface area contributed by atoms with Gasteiger partial charge in [-0.05, 0) is 25.3 Å². The van der Waals surface area contributed by atoms with Crippen LogP contribution in [-0.4, -0.2) is 40.1 Å². The average molecular weight is 429 g/mol. The van der Waals surface area contributed by atoms with Crippen molar-refractivity contribution < 1.29 is 13.5 Å². The van der Waals surface area contributed by atoms with Gasteiger partial charge in [0.2, 0.25) is 5.82 Å². The summed E-state index contributed by atoms with van der Waals surface area (Å²) in [6.07, 6.45) is 6.12. The first-order valence-electron chi connectivity index (χ1n) is 9.73. The van der Waals surface area contributed by atoms with Crippen molar-refractivity contribution in [1.82, 2.24) is 15.0 Å². The summed E-state index contributed by atoms with van der Waals surface area (Å²) in [6, 6.07) is 8.33. The van der Waals surface area contributed by atoms with Crippen molar-refractivity contribution >= 4 is 17.4 Å². The van der Waals surface area contributed by atoms with Gasteiger partial charge in [-0.25, -0.2) is 14.4 Å². The van der Waals surface area contributed by atoms with Crippen LogP contribution in [0.1, 0.15) is 24.2 Å². The van der Waals surface area contributed by atoms with Crippen LogP contribution in [0.4, 0.5) is 14.5 Å². The second-order valence-corrected chi connectivity index (χ2v) is 8.00. The highest BCUT2D eigenvalue weighted by atomic mass is 32.2. The molecule has 1 aromatic carbocycles. The zero-order valence-electron chi connectivity index (χ0n) is 16.8. The Bertz CT molecular complexity index is 1040. The topological polar surface area (TPSA) is 51.1 Å². The standard InChI is InChI=1S/C22H22F2N4OS/c1-14-16-13-26-22(19-5-3-4-7-25-19)27-18(16)6-8-28(14)15-11-17(23)21(24)20(12-15)29-9-10-30-2/h3-5,7,11-14H,6,8-10H2,1-2H3. The van der Waals surface area contributed by atoms with Gasteiger partial charge in [0.25, 0.3) is 0 Å². The second-order valence-electron chi connectivity index (χ2n) is 7.01. The minimum Gasteiger partial charge on any atom is -0.489 e. The molecule has 1 aliphatic rings. The number of fused-ring (bicyclic) bond motifs is 1. The summed E-state index contributed by atoms with van der Waals surface area (Å²) in [7, 11) is 0. The molecule has 156 valence electrons. The molecule has 0 radical (unpaired) electrons. The van der Waals surface area contributed by atoms with Crippen LogP contribution in [0, 0.1) is 11.6 Å². The lowest BCUT2D eigenvalue weighted by Crippen LogP contribution is -2.35. The third-order valence-electron chi connectivity index (χ3n) is 5.16. The lowest BCUT2D eigenvalue weighted by Gasteiger charge is -2.36. The summed E-state index contributed by atoms with van der Waals surface area (Å²) >= 11 is 1.59. The first-order chi connectivity index (χ1) is 14.6. The van der Waals surface area contributed by atoms with Gasteiger partial charge in [0, 0.05) is 54.5 Å². The Labute approximate surface area is 178 Å². The van der Waals surface area contributed by atoms with Crippen molar-refractivity contribution in [1.29, 1.82) is 0 Å². The van der Waals surface area contributed by atoms with Crippen molar-refractivity contribution in [2.45, 2.75) is 19.4 Å². The Morgan fingerprint density at radius 2 is 2.10 bits per heavy atom. The fourth-order valence-corrected chi connectivity index (χ4v) is 3.84. The SMILES string of the molecule is CSCCOc1cc(N2CCc3nc(-c4ccccn4)ncc3C2C)cc(F)c1F. The van der Waals surface area contributed by atoms with Crippen LogP contribution < -0.4 is 9.64 Å². The predicted molar refractivity (Wildman–Crippen MR) is 115 cm³/mol. The normalized spacial score (nSPS) is 15.7. The van der Waals surface area contributed by atoms with E-state index in [0.717, 1.165) is 17.0 Å². The summed E-state index contributed by atoms with van der Waals surface area (Å²) < 4.78 is 33.9. The number of pyridine rings is 1. The number of hydrogen-bond acceptors (Lipinski definition) is 6. The van der Waals surface area contributed by atoms with E-state index in [0.29, 0.717) is 36.8 Å². The van der Waals surface area contributed by atoms with E-state index in [4.69, 9.17) is 9.72 Å². The van der Waals surface area contributed by atoms with E-state index in [1.165, 1.54) is 6.07 Å². The number of hydrogen-bond donors (Lipinski definition) is 0. The summed E-state index contributed by atoms with van der Waals surface area (Å²) in [5.41, 5.74) is 3.23. The molecule has 3 heterocycles. The summed E-state index contributed by atoms with van der Waals surface area (Å²) in [6.45, 7) is 2.96. The highest BCUT2D eigenvalue weighted by molar-refractivity contribution is 7.98. The number of halogens is 2. The first-order valence-corrected chi connectivity index (χ1v) is 11.1. The second kappa shape index (κ2) is 8.95. The Morgan fingerprint density at radius 1 is 1.23 bits per heavy atom. The maximum absolute atomic E-state index is 14.2. The molecule has 0 aliphatic carbocycles. The molecule has 0 fully saturated rings. The van der Waals surface area contributed by atoms with E-state index in [-0.39, 0.29) is 11.8 Å². The van der Waals surface area contributed by atoms with Gasteiger partial charge in [0.05, 0.1) is 18.3 Å². The van der Waals surface area contributed by atoms with Crippen molar-refractivity contribution in [2.24, 2.45) is 0 Å². The van der Waals surface area contributed by atoms with Gasteiger partial charge < -0.3 is 9.64 Å². The maximum Gasteiger partial charge on any atom is 0.200 e. The smallest absolute Gasteiger partial charge is 0.200 e. The van der Waals surface area contributed by atoms with Gasteiger partial charge in [-0.15, -0.1) is 0 Å². The molecule has 0 N–H and O–H groups in total. The van der Waals surface area contributed by atoms with Crippen molar-refractivity contribution in [3.05, 3.63) is 65.6 Å². The Kier molecular flexibility index (Phi) is 6.13. The van der Waals surface area contributed by atoms with Crippen LogP contribution in [0.15, 0.2) is 42.7 Å². The quantitative estimate of drug-likeness (QED) is 0.532. The number of aromatic nitrogens is 3. The van der Waals surface area contributed by atoms with Gasteiger partial charge in [0.15, 0.2) is 17.4 Å². The molecular weight excluding hydrogens is 406 g/mol. The molecule has 0 saturated heterocycles. The monoisotopic (exact) mass is 428 g/mol. The minimum atomic E-state index is -0.951. The summed E-state index contributed by atoms with van der Waals surface area (Å²) in [5, 5.41) is 0. The molecule has 2 aromatic heterocycles. The number of nitrogens with zero attached hydrogens (tertiary/aromatic N) is 4. The van der Waals surface area contributed by atoms with Gasteiger partial charge in [-0.3, -0.25) is 4.98 Å². The van der Waals surface area contributed by atoms with Gasteiger partial charge in [-0.2, -0.15) is 16.2 Å². The Balaban J connectivity index is 1.61. The van der Waals surface area contributed by atoms with Crippen LogP contribution >= 0.6 is 11.8 Å². The van der Waals surface area contributed by atoms with Crippen molar-refractivity contribution in [3.63, 3.8) is 0 Å². The molecule has 8 heteroatoms. The van der Waals surface area contributed by atoms with E-state index in [1.807, 2.05) is 36.3 Å². The lowest BCUT2D eigenvalue weighted by atomic mass is 9.98. The molecule has 0 saturated carbocycles. The van der Waals surface area contributed by atoms with E-state index in [2.05, 4.69) is 9.97 Å². The van der Waals surface area contributed by atoms with Gasteiger partial charge in [-0.1, -0.05) is 6.07 Å². The zero-order valence-corrected chi connectivity index (χ0v) is 17.6. The number of benzene rings is 1. The maximum atomic E-state index is 14.2. The van der Waals surface area contributed by atoms with E-state index < -0.39 is 11.6 Å². The van der Waals surface area contributed by atoms with Crippen molar-refractivity contribution in [2.75, 3.05) is 30.1 Å². The fourth-order valence-electron chi connectivity index (χ4n) is 3.59. The molecule has 1 unspecified atom stereocenters. The van der Waals surface area contributed by atoms with E-state index in [9.17, 15) is 8.78 Å². The highest BCUT2D eigenvalue weighted by Gasteiger charge is 2.27. The average Bonchev–Trinajstić information content (AvgIpc) is 2.77.